The molecular formula is C59H34N2. The Morgan fingerprint density at radius 3 is 1.64 bits per heavy atom. The van der Waals surface area contributed by atoms with Crippen LogP contribution >= 0.6 is 0 Å². The third-order valence-corrected chi connectivity index (χ3v) is 13.5. The number of aromatic nitrogens is 2. The number of hydrogen-bond acceptors (Lipinski definition) is 1. The Balaban J connectivity index is 0.981. The minimum atomic E-state index is 1.11. The molecule has 0 aliphatic heterocycles. The van der Waals surface area contributed by atoms with Crippen molar-refractivity contribution in [2.75, 3.05) is 0 Å². The summed E-state index contributed by atoms with van der Waals surface area (Å²) in [6.45, 7) is 0. The van der Waals surface area contributed by atoms with Crippen molar-refractivity contribution in [2.24, 2.45) is 0 Å². The molecule has 1 aliphatic carbocycles. The number of rotatable bonds is 4. The molecule has 0 radical (unpaired) electrons. The van der Waals surface area contributed by atoms with Crippen LogP contribution in [0.15, 0.2) is 207 Å². The van der Waals surface area contributed by atoms with Gasteiger partial charge >= 0.3 is 0 Å². The summed E-state index contributed by atoms with van der Waals surface area (Å²) in [4.78, 5) is 4.65. The largest absolute Gasteiger partial charge is 0.308 e. The topological polar surface area (TPSA) is 17.8 Å². The van der Waals surface area contributed by atoms with Crippen molar-refractivity contribution < 1.29 is 0 Å². The van der Waals surface area contributed by atoms with Crippen LogP contribution in [0.4, 0.5) is 0 Å². The van der Waals surface area contributed by atoms with Crippen LogP contribution in [0.5, 0.6) is 0 Å². The maximum atomic E-state index is 4.65. The maximum absolute atomic E-state index is 4.65. The first kappa shape index (κ1) is 32.8. The lowest BCUT2D eigenvalue weighted by Crippen LogP contribution is -1.95. The van der Waals surface area contributed by atoms with Gasteiger partial charge in [0.25, 0.3) is 0 Å². The molecule has 11 aromatic carbocycles. The predicted octanol–water partition coefficient (Wildman–Crippen LogP) is 16.0. The zero-order valence-corrected chi connectivity index (χ0v) is 33.0. The van der Waals surface area contributed by atoms with Crippen molar-refractivity contribution in [3.63, 3.8) is 0 Å². The van der Waals surface area contributed by atoms with E-state index < -0.39 is 0 Å². The van der Waals surface area contributed by atoms with Gasteiger partial charge in [-0.05, 0) is 134 Å². The minimum absolute atomic E-state index is 1.11. The summed E-state index contributed by atoms with van der Waals surface area (Å²) in [5.41, 5.74) is 16.2. The van der Waals surface area contributed by atoms with Crippen LogP contribution in [0.1, 0.15) is 0 Å². The fourth-order valence-corrected chi connectivity index (χ4v) is 11.1. The van der Waals surface area contributed by atoms with Gasteiger partial charge in [0.15, 0.2) is 0 Å². The Labute approximate surface area is 351 Å². The molecule has 0 fully saturated rings. The molecule has 0 saturated heterocycles. The second-order valence-corrected chi connectivity index (χ2v) is 16.6. The molecule has 0 spiro atoms. The van der Waals surface area contributed by atoms with E-state index in [-0.39, 0.29) is 0 Å². The number of benzene rings is 11. The molecule has 0 unspecified atom stereocenters. The van der Waals surface area contributed by atoms with Crippen LogP contribution in [0.25, 0.3) is 137 Å². The van der Waals surface area contributed by atoms with Gasteiger partial charge in [-0.15, -0.1) is 0 Å². The Hall–Kier alpha value is -8.07. The van der Waals surface area contributed by atoms with Crippen LogP contribution in [-0.2, 0) is 0 Å². The molecule has 14 rings (SSSR count). The smallest absolute Gasteiger partial charge is 0.0724 e. The van der Waals surface area contributed by atoms with Crippen molar-refractivity contribution >= 4 is 75.7 Å². The van der Waals surface area contributed by atoms with Gasteiger partial charge in [0.2, 0.25) is 0 Å². The first-order chi connectivity index (χ1) is 30.3. The lowest BCUT2D eigenvalue weighted by molar-refractivity contribution is 1.17. The van der Waals surface area contributed by atoms with E-state index in [1.165, 1.54) is 126 Å². The van der Waals surface area contributed by atoms with E-state index in [1.807, 2.05) is 12.4 Å². The second kappa shape index (κ2) is 12.2. The van der Waals surface area contributed by atoms with E-state index in [0.29, 0.717) is 0 Å². The summed E-state index contributed by atoms with van der Waals surface area (Å²) in [5.74, 6) is 0. The summed E-state index contributed by atoms with van der Waals surface area (Å²) >= 11 is 0. The molecule has 280 valence electrons. The summed E-state index contributed by atoms with van der Waals surface area (Å²) in [5, 5.41) is 15.4. The molecule has 1 aliphatic rings. The molecule has 0 saturated carbocycles. The quantitative estimate of drug-likeness (QED) is 0.163. The van der Waals surface area contributed by atoms with Crippen LogP contribution in [0.2, 0.25) is 0 Å². The van der Waals surface area contributed by atoms with Crippen molar-refractivity contribution in [3.05, 3.63) is 207 Å². The highest BCUT2D eigenvalue weighted by Crippen LogP contribution is 2.58. The van der Waals surface area contributed by atoms with Crippen LogP contribution in [0, 0.1) is 0 Å². The maximum Gasteiger partial charge on any atom is 0.0724 e. The minimum Gasteiger partial charge on any atom is -0.308 e. The van der Waals surface area contributed by atoms with Gasteiger partial charge in [-0.25, -0.2) is 0 Å². The van der Waals surface area contributed by atoms with Crippen LogP contribution < -0.4 is 0 Å². The van der Waals surface area contributed by atoms with E-state index in [2.05, 4.69) is 204 Å². The molecule has 0 N–H and O–H groups in total. The third kappa shape index (κ3) is 4.43. The van der Waals surface area contributed by atoms with E-state index >= 15 is 0 Å². The van der Waals surface area contributed by atoms with Gasteiger partial charge in [0.1, 0.15) is 0 Å². The summed E-state index contributed by atoms with van der Waals surface area (Å²) in [6, 6.07) is 72.1. The number of fused-ring (bicyclic) bond motifs is 8. The van der Waals surface area contributed by atoms with Crippen molar-refractivity contribution in [2.45, 2.75) is 0 Å². The fraction of sp³-hybridized carbons (Fsp3) is 0. The summed E-state index contributed by atoms with van der Waals surface area (Å²) in [6.07, 6.45) is 3.95. The molecule has 0 bridgehead atoms. The van der Waals surface area contributed by atoms with Crippen LogP contribution in [-0.4, -0.2) is 9.55 Å². The lowest BCUT2D eigenvalue weighted by Gasteiger charge is -2.20. The van der Waals surface area contributed by atoms with Crippen molar-refractivity contribution in [1.29, 1.82) is 0 Å². The zero-order chi connectivity index (χ0) is 39.8. The second-order valence-electron chi connectivity index (χ2n) is 16.6. The van der Waals surface area contributed by atoms with Gasteiger partial charge in [-0.3, -0.25) is 4.98 Å². The molecule has 2 heteroatoms. The summed E-state index contributed by atoms with van der Waals surface area (Å²) in [7, 11) is 0. The molecule has 2 nitrogen and oxygen atoms in total. The van der Waals surface area contributed by atoms with E-state index in [1.54, 1.807) is 0 Å². The molecule has 0 atom stereocenters. The van der Waals surface area contributed by atoms with Gasteiger partial charge in [-0.1, -0.05) is 170 Å². The van der Waals surface area contributed by atoms with E-state index in [9.17, 15) is 0 Å². The SMILES string of the molecule is c1ccc(-c2c3c(c(-c4ccccc4)c4ccccc24)-c2ccc(-c4ccc(-n5c6cnccc6c6c7ccc8cccc9ccc(cc65)c7c98)cc4)c4cccc-3c24)cc1. The zero-order valence-electron chi connectivity index (χ0n) is 33.0. The molecule has 0 amide bonds. The van der Waals surface area contributed by atoms with Gasteiger partial charge in [-0.2, -0.15) is 0 Å². The van der Waals surface area contributed by atoms with E-state index in [4.69, 9.17) is 0 Å². The molecule has 61 heavy (non-hydrogen) atoms. The number of pyridine rings is 1. The molecular weight excluding hydrogens is 737 g/mol. The average molecular weight is 771 g/mol. The lowest BCUT2D eigenvalue weighted by atomic mass is 9.82. The van der Waals surface area contributed by atoms with Crippen molar-refractivity contribution in [3.8, 4) is 61.3 Å². The highest BCUT2D eigenvalue weighted by Gasteiger charge is 2.31. The Kier molecular flexibility index (Phi) is 6.59. The first-order valence-corrected chi connectivity index (χ1v) is 21.1. The van der Waals surface area contributed by atoms with E-state index in [0.717, 1.165) is 11.2 Å². The Morgan fingerprint density at radius 2 is 0.918 bits per heavy atom. The fourth-order valence-electron chi connectivity index (χ4n) is 11.1. The van der Waals surface area contributed by atoms with Gasteiger partial charge < -0.3 is 4.57 Å². The standard InChI is InChI=1S/C59H34N2/c1-3-11-36(12-4-1)53-44-17-7-8-18-45(44)54(37-13-5-2-6-14-37)59-49-30-29-42(43-19-10-20-47(56(43)49)58(53)59)35-23-26-41(27-24-35)61-50-33-40-22-21-38-15-9-16-39-25-28-48(55(40)52(38)39)57(50)46-31-32-60-34-51(46)61/h1-34H. The average Bonchev–Trinajstić information content (AvgIpc) is 3.84. The Morgan fingerprint density at radius 1 is 0.311 bits per heavy atom. The first-order valence-electron chi connectivity index (χ1n) is 21.1. The molecule has 13 aromatic rings. The molecule has 2 heterocycles. The Bertz CT molecular complexity index is 3840. The molecule has 2 aromatic heterocycles. The third-order valence-electron chi connectivity index (χ3n) is 13.5. The van der Waals surface area contributed by atoms with Crippen molar-refractivity contribution in [1.82, 2.24) is 9.55 Å². The normalized spacial score (nSPS) is 12.3. The highest BCUT2D eigenvalue weighted by molar-refractivity contribution is 6.33. The number of nitrogens with zero attached hydrogens (tertiary/aromatic N) is 2. The summed E-state index contributed by atoms with van der Waals surface area (Å²) < 4.78 is 2.40. The highest BCUT2D eigenvalue weighted by atomic mass is 15.0. The predicted molar refractivity (Wildman–Crippen MR) is 258 cm³/mol. The van der Waals surface area contributed by atoms with Gasteiger partial charge in [0.05, 0.1) is 17.2 Å². The van der Waals surface area contributed by atoms with Crippen LogP contribution in [0.3, 0.4) is 0 Å². The number of hydrogen-bond donors (Lipinski definition) is 0. The van der Waals surface area contributed by atoms with Gasteiger partial charge in [0, 0.05) is 22.7 Å². The monoisotopic (exact) mass is 770 g/mol.